The zero-order valence-electron chi connectivity index (χ0n) is 27.3. The van der Waals surface area contributed by atoms with Crippen molar-refractivity contribution < 1.29 is 0 Å². The van der Waals surface area contributed by atoms with Crippen molar-refractivity contribution >= 4 is 8.80 Å². The Morgan fingerprint density at radius 2 is 0.744 bits per heavy atom. The van der Waals surface area contributed by atoms with E-state index in [2.05, 4.69) is 51.1 Å². The first-order valence-corrected chi connectivity index (χ1v) is 20.7. The second-order valence-electron chi connectivity index (χ2n) is 12.9. The third-order valence-electron chi connectivity index (χ3n) is 9.27. The summed E-state index contributed by atoms with van der Waals surface area (Å²) < 4.78 is 0. The quantitative estimate of drug-likeness (QED) is 0.0652. The topological polar surface area (TPSA) is 0 Å². The summed E-state index contributed by atoms with van der Waals surface area (Å²) in [5, 5.41) is 0. The van der Waals surface area contributed by atoms with Crippen LogP contribution < -0.4 is 0 Å². The molecular formula is C38H72Si. The smallest absolute Gasteiger partial charge is 0.0449 e. The molecule has 1 atom stereocenters. The fraction of sp³-hybridized carbons (Fsp3) is 0.842. The summed E-state index contributed by atoms with van der Waals surface area (Å²) >= 11 is 0. The molecule has 1 aromatic carbocycles. The number of hydrogen-bond acceptors (Lipinski definition) is 0. The summed E-state index contributed by atoms with van der Waals surface area (Å²) in [5.74, 6) is 0. The molecule has 0 bridgehead atoms. The highest BCUT2D eigenvalue weighted by molar-refractivity contribution is 6.60. The predicted octanol–water partition coefficient (Wildman–Crippen LogP) is 13.7. The Morgan fingerprint density at radius 1 is 0.410 bits per heavy atom. The molecule has 0 spiro atoms. The molecule has 1 rings (SSSR count). The number of rotatable bonds is 30. The van der Waals surface area contributed by atoms with Crippen LogP contribution in [0.3, 0.4) is 0 Å². The van der Waals surface area contributed by atoms with Gasteiger partial charge in [-0.05, 0) is 17.5 Å². The van der Waals surface area contributed by atoms with Crippen molar-refractivity contribution in [2.75, 3.05) is 0 Å². The van der Waals surface area contributed by atoms with Gasteiger partial charge in [0.1, 0.15) is 0 Å². The molecule has 1 heteroatoms. The minimum absolute atomic E-state index is 0.790. The molecule has 0 aliphatic carbocycles. The zero-order chi connectivity index (χ0) is 28.1. The van der Waals surface area contributed by atoms with E-state index in [1.807, 2.05) is 0 Å². The molecule has 0 aliphatic heterocycles. The molecule has 0 saturated heterocycles. The van der Waals surface area contributed by atoms with Crippen LogP contribution in [-0.2, 0) is 0 Å². The molecule has 39 heavy (non-hydrogen) atoms. The fourth-order valence-electron chi connectivity index (χ4n) is 6.68. The number of benzene rings is 1. The van der Waals surface area contributed by atoms with E-state index in [1.54, 1.807) is 17.7 Å². The lowest BCUT2D eigenvalue weighted by Gasteiger charge is -2.27. The maximum atomic E-state index is 2.48. The van der Waals surface area contributed by atoms with Gasteiger partial charge in [-0.1, -0.05) is 224 Å². The average molecular weight is 557 g/mol. The van der Waals surface area contributed by atoms with Crippen LogP contribution in [0.2, 0.25) is 12.1 Å². The molecule has 0 aliphatic rings. The lowest BCUT2D eigenvalue weighted by molar-refractivity contribution is 0.557. The van der Waals surface area contributed by atoms with Crippen LogP contribution in [-0.4, -0.2) is 8.80 Å². The van der Waals surface area contributed by atoms with Crippen molar-refractivity contribution in [3.05, 3.63) is 35.9 Å². The van der Waals surface area contributed by atoms with Gasteiger partial charge in [-0.2, -0.15) is 0 Å². The Labute approximate surface area is 249 Å². The molecule has 0 aromatic heterocycles. The molecule has 1 aromatic rings. The highest BCUT2D eigenvalue weighted by atomic mass is 28.3. The van der Waals surface area contributed by atoms with E-state index < -0.39 is 8.80 Å². The van der Waals surface area contributed by atoms with Crippen LogP contribution in [0.25, 0.3) is 0 Å². The lowest BCUT2D eigenvalue weighted by Crippen LogP contribution is -2.24. The van der Waals surface area contributed by atoms with E-state index in [0.717, 1.165) is 5.54 Å². The summed E-state index contributed by atoms with van der Waals surface area (Å²) in [6, 6.07) is 15.0. The summed E-state index contributed by atoms with van der Waals surface area (Å²) in [6.07, 6.45) is 38.0. The molecular weight excluding hydrogens is 485 g/mol. The van der Waals surface area contributed by atoms with Gasteiger partial charge in [-0.3, -0.25) is 0 Å². The Bertz CT molecular complexity index is 558. The van der Waals surface area contributed by atoms with Crippen LogP contribution in [0, 0.1) is 0 Å². The minimum atomic E-state index is -0.790. The monoisotopic (exact) mass is 557 g/mol. The minimum Gasteiger partial charge on any atom is -0.0654 e. The number of unbranched alkanes of at least 4 members (excludes halogenated alkanes) is 22. The summed E-state index contributed by atoms with van der Waals surface area (Å²) in [7, 11) is -0.790. The summed E-state index contributed by atoms with van der Waals surface area (Å²) in [5.41, 5.74) is 2.62. The average Bonchev–Trinajstić information content (AvgIpc) is 2.96. The van der Waals surface area contributed by atoms with E-state index in [-0.39, 0.29) is 0 Å². The van der Waals surface area contributed by atoms with Gasteiger partial charge in [0.25, 0.3) is 0 Å². The normalized spacial score (nSPS) is 12.4. The van der Waals surface area contributed by atoms with E-state index >= 15 is 0 Å². The standard InChI is InChI=1S/C38H72Si/c1-4-7-10-13-15-17-19-21-24-30-35-39(36-31-25-22-20-18-16-14-11-8-5-2)38(34-29-23-12-9-6-3)37-32-27-26-28-33-37/h26-28,32-33,38-39H,4-25,29-31,34-36H2,1-3H3. The van der Waals surface area contributed by atoms with Crippen LogP contribution in [0.4, 0.5) is 0 Å². The van der Waals surface area contributed by atoms with Gasteiger partial charge in [0, 0.05) is 8.80 Å². The zero-order valence-corrected chi connectivity index (χ0v) is 28.5. The highest BCUT2D eigenvalue weighted by Gasteiger charge is 2.23. The van der Waals surface area contributed by atoms with E-state index in [1.165, 1.54) is 167 Å². The Morgan fingerprint density at radius 3 is 1.13 bits per heavy atom. The van der Waals surface area contributed by atoms with Crippen molar-refractivity contribution in [2.45, 2.75) is 205 Å². The van der Waals surface area contributed by atoms with Crippen molar-refractivity contribution in [3.63, 3.8) is 0 Å². The highest BCUT2D eigenvalue weighted by Crippen LogP contribution is 2.32. The van der Waals surface area contributed by atoms with Crippen LogP contribution in [0.15, 0.2) is 30.3 Å². The van der Waals surface area contributed by atoms with Gasteiger partial charge in [0.2, 0.25) is 0 Å². The Balaban J connectivity index is 2.50. The fourth-order valence-corrected chi connectivity index (χ4v) is 10.9. The van der Waals surface area contributed by atoms with Crippen molar-refractivity contribution in [3.8, 4) is 0 Å². The largest absolute Gasteiger partial charge is 0.0654 e. The molecule has 228 valence electrons. The van der Waals surface area contributed by atoms with Gasteiger partial charge in [-0.25, -0.2) is 0 Å². The van der Waals surface area contributed by atoms with Crippen LogP contribution in [0.5, 0.6) is 0 Å². The van der Waals surface area contributed by atoms with Gasteiger partial charge >= 0.3 is 0 Å². The van der Waals surface area contributed by atoms with Gasteiger partial charge in [-0.15, -0.1) is 0 Å². The van der Waals surface area contributed by atoms with Crippen molar-refractivity contribution in [2.24, 2.45) is 0 Å². The number of hydrogen-bond donors (Lipinski definition) is 0. The predicted molar refractivity (Wildman–Crippen MR) is 183 cm³/mol. The molecule has 0 nitrogen and oxygen atoms in total. The molecule has 0 fully saturated rings. The molecule has 1 unspecified atom stereocenters. The SMILES string of the molecule is CCCCCCCCCCCC[SiH](CCCCCCCCCCCC)C(CCCCCCC)c1ccccc1. The molecule has 0 N–H and O–H groups in total. The first-order chi connectivity index (χ1) is 19.3. The molecule has 0 heterocycles. The molecule has 0 saturated carbocycles. The third-order valence-corrected chi connectivity index (χ3v) is 13.4. The first kappa shape index (κ1) is 36.5. The maximum absolute atomic E-state index is 2.48. The van der Waals surface area contributed by atoms with Gasteiger partial charge in [0.05, 0.1) is 0 Å². The maximum Gasteiger partial charge on any atom is 0.0449 e. The Hall–Kier alpha value is -0.563. The van der Waals surface area contributed by atoms with Gasteiger partial charge < -0.3 is 0 Å². The molecule has 0 amide bonds. The summed E-state index contributed by atoms with van der Waals surface area (Å²) in [6.45, 7) is 6.98. The van der Waals surface area contributed by atoms with Crippen LogP contribution in [0.1, 0.15) is 199 Å². The lowest BCUT2D eigenvalue weighted by atomic mass is 10.0. The van der Waals surface area contributed by atoms with E-state index in [4.69, 9.17) is 0 Å². The second kappa shape index (κ2) is 28.9. The van der Waals surface area contributed by atoms with E-state index in [0.29, 0.717) is 0 Å². The van der Waals surface area contributed by atoms with E-state index in [9.17, 15) is 0 Å². The second-order valence-corrected chi connectivity index (χ2v) is 16.4. The van der Waals surface area contributed by atoms with Gasteiger partial charge in [0.15, 0.2) is 0 Å². The third kappa shape index (κ3) is 21.8. The Kier molecular flexibility index (Phi) is 27.1. The summed E-state index contributed by atoms with van der Waals surface area (Å²) in [4.78, 5) is 0. The van der Waals surface area contributed by atoms with Crippen LogP contribution >= 0.6 is 0 Å². The van der Waals surface area contributed by atoms with Crippen molar-refractivity contribution in [1.29, 1.82) is 0 Å². The first-order valence-electron chi connectivity index (χ1n) is 18.4. The van der Waals surface area contributed by atoms with Crippen molar-refractivity contribution in [1.82, 2.24) is 0 Å². The molecule has 0 radical (unpaired) electrons.